The number of hydrogen-bond acceptors (Lipinski definition) is 7. The van der Waals surface area contributed by atoms with Crippen molar-refractivity contribution in [1.29, 1.82) is 0 Å². The van der Waals surface area contributed by atoms with E-state index in [1.165, 1.54) is 35.8 Å². The highest BCUT2D eigenvalue weighted by atomic mass is 35.5. The number of nitrogens with zero attached hydrogens (tertiary/aromatic N) is 3. The average molecular weight is 527 g/mol. The van der Waals surface area contributed by atoms with Gasteiger partial charge in [-0.05, 0) is 31.5 Å². The van der Waals surface area contributed by atoms with Crippen LogP contribution in [0, 0.1) is 6.92 Å². The second kappa shape index (κ2) is 11.1. The lowest BCUT2D eigenvalue weighted by molar-refractivity contribution is -0.113. The highest BCUT2D eigenvalue weighted by molar-refractivity contribution is 7.99. The Morgan fingerprint density at radius 3 is 2.43 bits per heavy atom. The zero-order valence-electron chi connectivity index (χ0n) is 19.4. The van der Waals surface area contributed by atoms with Gasteiger partial charge in [0.2, 0.25) is 5.91 Å². The third-order valence-electron chi connectivity index (χ3n) is 5.26. The molecule has 4 aromatic rings. The van der Waals surface area contributed by atoms with Gasteiger partial charge in [0.15, 0.2) is 11.0 Å². The Labute approximate surface area is 216 Å². The van der Waals surface area contributed by atoms with Gasteiger partial charge in [-0.2, -0.15) is 0 Å². The number of nitrogens with one attached hydrogen (secondary N) is 1. The number of carbonyl (C=O) groups is 2. The predicted octanol–water partition coefficient (Wildman–Crippen LogP) is 6.17. The molecule has 180 valence electrons. The van der Waals surface area contributed by atoms with E-state index in [9.17, 15) is 9.59 Å². The van der Waals surface area contributed by atoms with Crippen LogP contribution in [0.15, 0.2) is 59.1 Å². The maximum absolute atomic E-state index is 12.8. The molecule has 0 aliphatic heterocycles. The minimum absolute atomic E-state index is 0.112. The number of aryl methyl sites for hydroxylation is 1. The largest absolute Gasteiger partial charge is 0.465 e. The van der Waals surface area contributed by atoms with Gasteiger partial charge in [0, 0.05) is 28.1 Å². The van der Waals surface area contributed by atoms with E-state index in [-0.39, 0.29) is 11.7 Å². The molecule has 4 rings (SSSR count). The normalized spacial score (nSPS) is 10.9. The number of aromatic nitrogens is 3. The minimum Gasteiger partial charge on any atom is -0.465 e. The molecule has 0 unspecified atom stereocenters. The van der Waals surface area contributed by atoms with Gasteiger partial charge in [-0.25, -0.2) is 4.79 Å². The van der Waals surface area contributed by atoms with E-state index in [4.69, 9.17) is 16.3 Å². The van der Waals surface area contributed by atoms with Gasteiger partial charge in [0.25, 0.3) is 0 Å². The number of carbonyl (C=O) groups excluding carboxylic acids is 2. The summed E-state index contributed by atoms with van der Waals surface area (Å²) in [6.07, 6.45) is 0. The van der Waals surface area contributed by atoms with Crippen molar-refractivity contribution in [2.24, 2.45) is 0 Å². The highest BCUT2D eigenvalue weighted by Crippen LogP contribution is 2.37. The van der Waals surface area contributed by atoms with Crippen molar-refractivity contribution in [3.63, 3.8) is 0 Å². The van der Waals surface area contributed by atoms with Crippen molar-refractivity contribution in [2.75, 3.05) is 18.2 Å². The fourth-order valence-electron chi connectivity index (χ4n) is 3.49. The predicted molar refractivity (Wildman–Crippen MR) is 141 cm³/mol. The van der Waals surface area contributed by atoms with Crippen molar-refractivity contribution in [3.05, 3.63) is 70.1 Å². The molecule has 0 bridgehead atoms. The average Bonchev–Trinajstić information content (AvgIpc) is 3.47. The van der Waals surface area contributed by atoms with E-state index in [1.807, 2.05) is 60.2 Å². The molecule has 1 N–H and O–H groups in total. The first-order valence-corrected chi connectivity index (χ1v) is 13.0. The fourth-order valence-corrected chi connectivity index (χ4v) is 5.39. The van der Waals surface area contributed by atoms with Crippen LogP contribution in [0.2, 0.25) is 5.02 Å². The summed E-state index contributed by atoms with van der Waals surface area (Å²) in [5.74, 6) is 0.0925. The molecule has 1 amide bonds. The number of rotatable bonds is 8. The second-order valence-electron chi connectivity index (χ2n) is 7.61. The number of halogens is 1. The summed E-state index contributed by atoms with van der Waals surface area (Å²) in [6.45, 7) is 4.71. The quantitative estimate of drug-likeness (QED) is 0.218. The Hall–Kier alpha value is -3.14. The van der Waals surface area contributed by atoms with Crippen LogP contribution >= 0.6 is 34.7 Å². The molecule has 0 aliphatic carbocycles. The second-order valence-corrected chi connectivity index (χ2v) is 9.86. The zero-order chi connectivity index (χ0) is 24.9. The van der Waals surface area contributed by atoms with Gasteiger partial charge in [-0.3, -0.25) is 4.79 Å². The molecule has 2 heterocycles. The van der Waals surface area contributed by atoms with Crippen LogP contribution in [0.1, 0.15) is 22.8 Å². The SMILES string of the molecule is CCn1c(SCC(=O)Nc2scc(-c3ccc(Cl)cc3)c2C(=O)OC)nnc1-c1ccc(C)cc1. The van der Waals surface area contributed by atoms with Gasteiger partial charge in [-0.15, -0.1) is 21.5 Å². The number of amides is 1. The maximum atomic E-state index is 12.8. The highest BCUT2D eigenvalue weighted by Gasteiger charge is 2.23. The van der Waals surface area contributed by atoms with E-state index < -0.39 is 5.97 Å². The number of thiophene rings is 1. The van der Waals surface area contributed by atoms with Crippen molar-refractivity contribution in [1.82, 2.24) is 14.8 Å². The van der Waals surface area contributed by atoms with E-state index >= 15 is 0 Å². The summed E-state index contributed by atoms with van der Waals surface area (Å²) in [6, 6.07) is 15.2. The van der Waals surface area contributed by atoms with Crippen LogP contribution in [0.25, 0.3) is 22.5 Å². The Balaban J connectivity index is 1.50. The van der Waals surface area contributed by atoms with Crippen molar-refractivity contribution in [3.8, 4) is 22.5 Å². The van der Waals surface area contributed by atoms with Crippen molar-refractivity contribution in [2.45, 2.75) is 25.5 Å². The number of benzene rings is 2. The molecule has 35 heavy (non-hydrogen) atoms. The van der Waals surface area contributed by atoms with Crippen LogP contribution < -0.4 is 5.32 Å². The zero-order valence-corrected chi connectivity index (χ0v) is 21.8. The molecule has 2 aromatic heterocycles. The summed E-state index contributed by atoms with van der Waals surface area (Å²) in [4.78, 5) is 25.3. The lowest BCUT2D eigenvalue weighted by atomic mass is 10.0. The molecule has 7 nitrogen and oxygen atoms in total. The first-order chi connectivity index (χ1) is 16.9. The van der Waals surface area contributed by atoms with Crippen LogP contribution in [0.4, 0.5) is 5.00 Å². The third kappa shape index (κ3) is 5.58. The smallest absolute Gasteiger partial charge is 0.341 e. The van der Waals surface area contributed by atoms with Gasteiger partial charge in [0.05, 0.1) is 12.9 Å². The van der Waals surface area contributed by atoms with E-state index in [0.717, 1.165) is 17.0 Å². The molecule has 0 saturated heterocycles. The number of esters is 1. The molecular formula is C25H23ClN4O3S2. The summed E-state index contributed by atoms with van der Waals surface area (Å²) in [5.41, 5.74) is 3.94. The lowest BCUT2D eigenvalue weighted by Crippen LogP contribution is -2.16. The first kappa shape index (κ1) is 25.0. The first-order valence-electron chi connectivity index (χ1n) is 10.8. The van der Waals surface area contributed by atoms with Gasteiger partial charge in [-0.1, -0.05) is 65.3 Å². The van der Waals surface area contributed by atoms with E-state index in [0.29, 0.717) is 32.9 Å². The molecule has 0 radical (unpaired) electrons. The number of ether oxygens (including phenoxy) is 1. The standard InChI is InChI=1S/C25H23ClN4O3S2/c1-4-30-22(17-7-5-15(2)6-8-17)28-29-25(30)35-14-20(31)27-23-21(24(32)33-3)19(13-34-23)16-9-11-18(26)12-10-16/h5-13H,4,14H2,1-3H3,(H,27,31). The van der Waals surface area contributed by atoms with Crippen LogP contribution in [0.5, 0.6) is 0 Å². The molecule has 2 aromatic carbocycles. The van der Waals surface area contributed by atoms with Crippen LogP contribution in [0.3, 0.4) is 0 Å². The van der Waals surface area contributed by atoms with Gasteiger partial charge < -0.3 is 14.6 Å². The monoisotopic (exact) mass is 526 g/mol. The van der Waals surface area contributed by atoms with Gasteiger partial charge in [0.1, 0.15) is 10.6 Å². The molecule has 0 atom stereocenters. The number of thioether (sulfide) groups is 1. The third-order valence-corrected chi connectivity index (χ3v) is 7.38. The molecule has 0 spiro atoms. The molecule has 0 saturated carbocycles. The number of hydrogen-bond donors (Lipinski definition) is 1. The topological polar surface area (TPSA) is 86.1 Å². The van der Waals surface area contributed by atoms with E-state index in [2.05, 4.69) is 15.5 Å². The summed E-state index contributed by atoms with van der Waals surface area (Å²) in [7, 11) is 1.32. The Morgan fingerprint density at radius 1 is 1.09 bits per heavy atom. The molecule has 0 aliphatic rings. The van der Waals surface area contributed by atoms with E-state index in [1.54, 1.807) is 12.1 Å². The van der Waals surface area contributed by atoms with Crippen molar-refractivity contribution >= 4 is 51.6 Å². The molecular weight excluding hydrogens is 504 g/mol. The maximum Gasteiger partial charge on any atom is 0.341 e. The van der Waals surface area contributed by atoms with Crippen molar-refractivity contribution < 1.29 is 14.3 Å². The Morgan fingerprint density at radius 2 is 1.77 bits per heavy atom. The summed E-state index contributed by atoms with van der Waals surface area (Å²) in [5, 5.41) is 15.0. The molecule has 10 heteroatoms. The Bertz CT molecular complexity index is 1350. The van der Waals surface area contributed by atoms with Crippen LogP contribution in [-0.2, 0) is 16.1 Å². The van der Waals surface area contributed by atoms with Crippen LogP contribution in [-0.4, -0.2) is 39.5 Å². The number of methoxy groups -OCH3 is 1. The number of anilines is 1. The molecule has 0 fully saturated rings. The minimum atomic E-state index is -0.521. The van der Waals surface area contributed by atoms with Gasteiger partial charge >= 0.3 is 5.97 Å². The summed E-state index contributed by atoms with van der Waals surface area (Å²) >= 11 is 8.56. The fraction of sp³-hybridized carbons (Fsp3) is 0.200. The summed E-state index contributed by atoms with van der Waals surface area (Å²) < 4.78 is 6.96. The lowest BCUT2D eigenvalue weighted by Gasteiger charge is -2.09. The Kier molecular flexibility index (Phi) is 7.90.